The summed E-state index contributed by atoms with van der Waals surface area (Å²) in [5.41, 5.74) is 2.32. The Balaban J connectivity index is 1.74. The van der Waals surface area contributed by atoms with Crippen LogP contribution in [0.5, 0.6) is 0 Å². The lowest BCUT2D eigenvalue weighted by atomic mass is 10.0. The molecular weight excluding hydrogens is 336 g/mol. The molecule has 1 aromatic rings. The zero-order chi connectivity index (χ0) is 17.9. The first-order chi connectivity index (χ1) is 12.0. The molecule has 1 aliphatic carbocycles. The number of aryl methyl sites for hydroxylation is 1. The lowest BCUT2D eigenvalue weighted by molar-refractivity contribution is -0.131. The Morgan fingerprint density at radius 3 is 2.52 bits per heavy atom. The fraction of sp³-hybridized carbons (Fsp3) is 0.632. The Labute approximate surface area is 150 Å². The quantitative estimate of drug-likeness (QED) is 0.869. The number of hydrogen-bond donors (Lipinski definition) is 1. The summed E-state index contributed by atoms with van der Waals surface area (Å²) in [6.07, 6.45) is 4.31. The highest BCUT2D eigenvalue weighted by Gasteiger charge is 2.35. The highest BCUT2D eigenvalue weighted by Crippen LogP contribution is 2.27. The Hall–Kier alpha value is -1.40. The molecular formula is C19H28N2O3S. The lowest BCUT2D eigenvalue weighted by Gasteiger charge is -2.36. The van der Waals surface area contributed by atoms with Gasteiger partial charge in [-0.15, -0.1) is 0 Å². The summed E-state index contributed by atoms with van der Waals surface area (Å²) < 4.78 is 25.1. The Bertz CT molecular complexity index is 694. The van der Waals surface area contributed by atoms with Crippen molar-refractivity contribution in [2.24, 2.45) is 0 Å². The minimum atomic E-state index is -3.34. The maximum Gasteiger partial charge on any atom is 0.238 e. The maximum absolute atomic E-state index is 12.8. The van der Waals surface area contributed by atoms with Crippen LogP contribution in [0.3, 0.4) is 0 Å². The molecule has 1 unspecified atom stereocenters. The van der Waals surface area contributed by atoms with Crippen LogP contribution in [0.25, 0.3) is 0 Å². The molecule has 0 spiro atoms. The molecule has 2 aliphatic rings. The topological polar surface area (TPSA) is 66.5 Å². The van der Waals surface area contributed by atoms with E-state index < -0.39 is 9.84 Å². The van der Waals surface area contributed by atoms with Crippen molar-refractivity contribution in [3.8, 4) is 0 Å². The predicted molar refractivity (Wildman–Crippen MR) is 99.2 cm³/mol. The molecule has 25 heavy (non-hydrogen) atoms. The van der Waals surface area contributed by atoms with Gasteiger partial charge in [0, 0.05) is 19.6 Å². The number of nitrogens with one attached hydrogen (secondary N) is 1. The van der Waals surface area contributed by atoms with Crippen molar-refractivity contribution in [2.75, 3.05) is 25.4 Å². The third-order valence-corrected chi connectivity index (χ3v) is 7.61. The van der Waals surface area contributed by atoms with E-state index in [0.717, 1.165) is 24.8 Å². The van der Waals surface area contributed by atoms with E-state index in [1.165, 1.54) is 5.56 Å². The number of hydrogen-bond acceptors (Lipinski definition) is 4. The maximum atomic E-state index is 12.8. The zero-order valence-corrected chi connectivity index (χ0v) is 15.7. The van der Waals surface area contributed by atoms with Gasteiger partial charge >= 0.3 is 0 Å². The first kappa shape index (κ1) is 18.4. The summed E-state index contributed by atoms with van der Waals surface area (Å²) in [4.78, 5) is 14.6. The number of sulfone groups is 1. The highest BCUT2D eigenvalue weighted by molar-refractivity contribution is 7.92. The van der Waals surface area contributed by atoms with E-state index in [-0.39, 0.29) is 23.0 Å². The number of amides is 1. The van der Waals surface area contributed by atoms with E-state index >= 15 is 0 Å². The van der Waals surface area contributed by atoms with Crippen LogP contribution in [0.2, 0.25) is 0 Å². The van der Waals surface area contributed by atoms with Crippen LogP contribution >= 0.6 is 0 Å². The van der Waals surface area contributed by atoms with Gasteiger partial charge in [0.15, 0.2) is 9.84 Å². The van der Waals surface area contributed by atoms with E-state index in [4.69, 9.17) is 0 Å². The van der Waals surface area contributed by atoms with Crippen LogP contribution < -0.4 is 5.32 Å². The van der Waals surface area contributed by atoms with E-state index in [1.807, 2.05) is 0 Å². The largest absolute Gasteiger partial charge is 0.332 e. The molecule has 138 valence electrons. The molecule has 1 heterocycles. The standard InChI is InChI=1S/C19H28N2O3S/c1-2-15-7-9-16(10-8-15)18-13-20-11-12-21(18)19(22)14-25(23,24)17-5-3-4-6-17/h7-10,17-18,20H,2-6,11-14H2,1H3. The van der Waals surface area contributed by atoms with Crippen LogP contribution in [0, 0.1) is 0 Å². The fourth-order valence-corrected chi connectivity index (χ4v) is 5.69. The van der Waals surface area contributed by atoms with E-state index in [2.05, 4.69) is 36.5 Å². The van der Waals surface area contributed by atoms with Gasteiger partial charge in [0.05, 0.1) is 11.3 Å². The Morgan fingerprint density at radius 1 is 1.20 bits per heavy atom. The number of carbonyl (C=O) groups excluding carboxylic acids is 1. The van der Waals surface area contributed by atoms with E-state index in [9.17, 15) is 13.2 Å². The van der Waals surface area contributed by atoms with Crippen molar-refractivity contribution in [1.82, 2.24) is 10.2 Å². The molecule has 1 aromatic carbocycles. The summed E-state index contributed by atoms with van der Waals surface area (Å²) in [5.74, 6) is -0.598. The Morgan fingerprint density at radius 2 is 1.88 bits per heavy atom. The molecule has 3 rings (SSSR count). The Kier molecular flexibility index (Phi) is 5.79. The SMILES string of the molecule is CCc1ccc(C2CNCCN2C(=O)CS(=O)(=O)C2CCCC2)cc1. The number of nitrogens with zero attached hydrogens (tertiary/aromatic N) is 1. The average molecular weight is 365 g/mol. The second-order valence-corrected chi connectivity index (χ2v) is 9.40. The fourth-order valence-electron chi connectivity index (χ4n) is 3.90. The minimum absolute atomic E-state index is 0.0917. The molecule has 0 bridgehead atoms. The third kappa shape index (κ3) is 4.23. The van der Waals surface area contributed by atoms with Crippen LogP contribution in [-0.4, -0.2) is 49.9 Å². The second kappa shape index (κ2) is 7.87. The molecule has 2 fully saturated rings. The van der Waals surface area contributed by atoms with Gasteiger partial charge < -0.3 is 10.2 Å². The van der Waals surface area contributed by atoms with Gasteiger partial charge in [-0.2, -0.15) is 0 Å². The monoisotopic (exact) mass is 364 g/mol. The van der Waals surface area contributed by atoms with Crippen molar-refractivity contribution in [2.45, 2.75) is 50.3 Å². The van der Waals surface area contributed by atoms with Gasteiger partial charge in [-0.25, -0.2) is 8.42 Å². The molecule has 0 aromatic heterocycles. The third-order valence-electron chi connectivity index (χ3n) is 5.47. The van der Waals surface area contributed by atoms with E-state index in [0.29, 0.717) is 32.5 Å². The summed E-state index contributed by atoms with van der Waals surface area (Å²) in [5, 5.41) is 3.00. The molecule has 5 nitrogen and oxygen atoms in total. The van der Waals surface area contributed by atoms with Crippen LogP contribution in [0.4, 0.5) is 0 Å². The number of benzene rings is 1. The lowest BCUT2D eigenvalue weighted by Crippen LogP contribution is -2.50. The van der Waals surface area contributed by atoms with Crippen LogP contribution in [0.1, 0.15) is 49.8 Å². The molecule has 1 saturated heterocycles. The zero-order valence-electron chi connectivity index (χ0n) is 14.9. The number of rotatable bonds is 5. The molecule has 1 atom stereocenters. The van der Waals surface area contributed by atoms with Crippen molar-refractivity contribution in [1.29, 1.82) is 0 Å². The van der Waals surface area contributed by atoms with Crippen molar-refractivity contribution < 1.29 is 13.2 Å². The highest BCUT2D eigenvalue weighted by atomic mass is 32.2. The van der Waals surface area contributed by atoms with Crippen molar-refractivity contribution in [3.63, 3.8) is 0 Å². The van der Waals surface area contributed by atoms with Crippen molar-refractivity contribution in [3.05, 3.63) is 35.4 Å². The van der Waals surface area contributed by atoms with E-state index in [1.54, 1.807) is 4.90 Å². The van der Waals surface area contributed by atoms with Crippen LogP contribution in [-0.2, 0) is 21.1 Å². The van der Waals surface area contributed by atoms with Gasteiger partial charge in [-0.05, 0) is 30.4 Å². The molecule has 6 heteroatoms. The van der Waals surface area contributed by atoms with Gasteiger partial charge in [0.1, 0.15) is 5.75 Å². The van der Waals surface area contributed by atoms with Gasteiger partial charge in [0.2, 0.25) is 5.91 Å². The van der Waals surface area contributed by atoms with Gasteiger partial charge in [-0.3, -0.25) is 4.79 Å². The van der Waals surface area contributed by atoms with Crippen molar-refractivity contribution >= 4 is 15.7 Å². The predicted octanol–water partition coefficient (Wildman–Crippen LogP) is 2.08. The number of piperazine rings is 1. The first-order valence-corrected chi connectivity index (χ1v) is 11.0. The molecule has 0 radical (unpaired) electrons. The average Bonchev–Trinajstić information content (AvgIpc) is 3.17. The normalized spacial score (nSPS) is 22.3. The summed E-state index contributed by atoms with van der Waals surface area (Å²) in [6, 6.07) is 8.19. The molecule has 1 N–H and O–H groups in total. The molecule has 1 saturated carbocycles. The summed E-state index contributed by atoms with van der Waals surface area (Å²) in [6.45, 7) is 4.04. The molecule has 1 aliphatic heterocycles. The van der Waals surface area contributed by atoms with Gasteiger partial charge in [0.25, 0.3) is 0 Å². The smallest absolute Gasteiger partial charge is 0.238 e. The molecule has 1 amide bonds. The second-order valence-electron chi connectivity index (χ2n) is 7.12. The first-order valence-electron chi connectivity index (χ1n) is 9.32. The summed E-state index contributed by atoms with van der Waals surface area (Å²) >= 11 is 0. The minimum Gasteiger partial charge on any atom is -0.332 e. The van der Waals surface area contributed by atoms with Gasteiger partial charge in [-0.1, -0.05) is 44.0 Å². The number of carbonyl (C=O) groups is 1. The van der Waals surface area contributed by atoms with Crippen LogP contribution in [0.15, 0.2) is 24.3 Å². The summed E-state index contributed by atoms with van der Waals surface area (Å²) in [7, 11) is -3.34.